The summed E-state index contributed by atoms with van der Waals surface area (Å²) in [4.78, 5) is 28.7. The maximum absolute atomic E-state index is 13.1. The van der Waals surface area contributed by atoms with Crippen molar-refractivity contribution in [1.82, 2.24) is 10.2 Å². The van der Waals surface area contributed by atoms with E-state index in [0.29, 0.717) is 11.6 Å². The number of halogens is 1. The Bertz CT molecular complexity index is 866. The predicted octanol–water partition coefficient (Wildman–Crippen LogP) is 5.22. The molecule has 4 nitrogen and oxygen atoms in total. The number of carbonyl (C=O) groups excluding carboxylic acids is 2. The molecule has 0 radical (unpaired) electrons. The third kappa shape index (κ3) is 6.51. The third-order valence-corrected chi connectivity index (χ3v) is 6.73. The van der Waals surface area contributed by atoms with Gasteiger partial charge in [0, 0.05) is 22.5 Å². The van der Waals surface area contributed by atoms with E-state index in [1.807, 2.05) is 56.3 Å². The maximum Gasteiger partial charge on any atom is 0.242 e. The monoisotopic (exact) mass is 444 g/mol. The fourth-order valence-electron chi connectivity index (χ4n) is 3.67. The minimum Gasteiger partial charge on any atom is -0.352 e. The molecule has 2 aromatic rings. The highest BCUT2D eigenvalue weighted by molar-refractivity contribution is 8.00. The Morgan fingerprint density at radius 1 is 1.17 bits per heavy atom. The molecule has 0 unspecified atom stereocenters. The summed E-state index contributed by atoms with van der Waals surface area (Å²) in [5, 5.41) is 3.75. The van der Waals surface area contributed by atoms with E-state index in [1.165, 1.54) is 17.3 Å². The van der Waals surface area contributed by atoms with E-state index in [0.717, 1.165) is 36.1 Å². The van der Waals surface area contributed by atoms with E-state index in [9.17, 15) is 9.59 Å². The van der Waals surface area contributed by atoms with Gasteiger partial charge in [0.2, 0.25) is 11.8 Å². The highest BCUT2D eigenvalue weighted by atomic mass is 35.5. The normalized spacial score (nSPS) is 15.0. The number of nitrogens with one attached hydrogen (secondary N) is 1. The smallest absolute Gasteiger partial charge is 0.242 e. The molecule has 0 heterocycles. The molecule has 3 rings (SSSR count). The van der Waals surface area contributed by atoms with Crippen LogP contribution in [0.5, 0.6) is 0 Å². The minimum atomic E-state index is -0.546. The Kier molecular flexibility index (Phi) is 8.23. The largest absolute Gasteiger partial charge is 0.352 e. The van der Waals surface area contributed by atoms with E-state index in [-0.39, 0.29) is 23.6 Å². The highest BCUT2D eigenvalue weighted by Crippen LogP contribution is 2.22. The van der Waals surface area contributed by atoms with Gasteiger partial charge in [-0.3, -0.25) is 9.59 Å². The number of amides is 2. The minimum absolute atomic E-state index is 0.0605. The number of aryl methyl sites for hydroxylation is 1. The Balaban J connectivity index is 1.70. The zero-order valence-electron chi connectivity index (χ0n) is 17.6. The number of nitrogens with zero attached hydrogens (tertiary/aromatic N) is 1. The Labute approximate surface area is 188 Å². The van der Waals surface area contributed by atoms with Crippen molar-refractivity contribution in [3.63, 3.8) is 0 Å². The fraction of sp³-hybridized carbons (Fsp3) is 0.417. The molecular weight excluding hydrogens is 416 g/mol. The van der Waals surface area contributed by atoms with Gasteiger partial charge >= 0.3 is 0 Å². The average Bonchev–Trinajstić information content (AvgIpc) is 3.24. The summed E-state index contributed by atoms with van der Waals surface area (Å²) < 4.78 is 0. The van der Waals surface area contributed by atoms with Crippen LogP contribution in [0, 0.1) is 6.92 Å². The summed E-state index contributed by atoms with van der Waals surface area (Å²) in [5.41, 5.74) is 2.10. The number of hydrogen-bond acceptors (Lipinski definition) is 3. The first-order chi connectivity index (χ1) is 14.4. The van der Waals surface area contributed by atoms with Crippen molar-refractivity contribution in [3.05, 3.63) is 64.7 Å². The van der Waals surface area contributed by atoms with Crippen LogP contribution in [0.3, 0.4) is 0 Å². The quantitative estimate of drug-likeness (QED) is 0.568. The van der Waals surface area contributed by atoms with Gasteiger partial charge < -0.3 is 10.2 Å². The fourth-order valence-corrected chi connectivity index (χ4v) is 4.67. The van der Waals surface area contributed by atoms with Gasteiger partial charge in [-0.15, -0.1) is 11.8 Å². The van der Waals surface area contributed by atoms with Crippen molar-refractivity contribution in [2.24, 2.45) is 0 Å². The van der Waals surface area contributed by atoms with E-state index >= 15 is 0 Å². The number of hydrogen-bond donors (Lipinski definition) is 1. The van der Waals surface area contributed by atoms with Gasteiger partial charge in [-0.1, -0.05) is 54.3 Å². The zero-order chi connectivity index (χ0) is 21.5. The predicted molar refractivity (Wildman–Crippen MR) is 124 cm³/mol. The summed E-state index contributed by atoms with van der Waals surface area (Å²) >= 11 is 7.62. The molecule has 2 amide bonds. The molecular formula is C24H29ClN2O2S. The van der Waals surface area contributed by atoms with Gasteiger partial charge in [-0.05, 0) is 56.5 Å². The Hall–Kier alpha value is -1.98. The molecule has 160 valence electrons. The van der Waals surface area contributed by atoms with Crippen LogP contribution in [0.15, 0.2) is 53.4 Å². The molecule has 0 spiro atoms. The topological polar surface area (TPSA) is 49.4 Å². The molecule has 2 aromatic carbocycles. The van der Waals surface area contributed by atoms with Crippen molar-refractivity contribution >= 4 is 35.2 Å². The molecule has 1 atom stereocenters. The van der Waals surface area contributed by atoms with Gasteiger partial charge in [0.1, 0.15) is 6.04 Å². The molecule has 0 bridgehead atoms. The number of benzene rings is 2. The molecule has 1 N–H and O–H groups in total. The van der Waals surface area contributed by atoms with Crippen molar-refractivity contribution < 1.29 is 9.59 Å². The average molecular weight is 445 g/mol. The van der Waals surface area contributed by atoms with Crippen molar-refractivity contribution in [1.29, 1.82) is 0 Å². The zero-order valence-corrected chi connectivity index (χ0v) is 19.1. The summed E-state index contributed by atoms with van der Waals surface area (Å²) in [6, 6.07) is 15.2. The first-order valence-electron chi connectivity index (χ1n) is 10.5. The summed E-state index contributed by atoms with van der Waals surface area (Å²) in [7, 11) is 0. The van der Waals surface area contributed by atoms with E-state index in [2.05, 4.69) is 5.32 Å². The Morgan fingerprint density at radius 3 is 2.53 bits per heavy atom. The second-order valence-electron chi connectivity index (χ2n) is 7.92. The first kappa shape index (κ1) is 22.7. The number of thioether (sulfide) groups is 1. The van der Waals surface area contributed by atoms with Crippen LogP contribution in [-0.2, 0) is 16.1 Å². The lowest BCUT2D eigenvalue weighted by molar-refractivity contribution is -0.138. The third-order valence-electron chi connectivity index (χ3n) is 5.49. The van der Waals surface area contributed by atoms with Crippen LogP contribution < -0.4 is 5.32 Å². The maximum atomic E-state index is 13.1. The molecule has 1 fully saturated rings. The standard InChI is InChI=1S/C24H29ClN2O2S/c1-17-10-12-22(13-11-17)30-16-23(28)27(15-19-6-5-7-20(25)14-19)18(2)24(29)26-21-8-3-4-9-21/h5-7,10-14,18,21H,3-4,8-9,15-16H2,1-2H3,(H,26,29)/t18-/m1/s1. The van der Waals surface area contributed by atoms with Crippen LogP contribution >= 0.6 is 23.4 Å². The van der Waals surface area contributed by atoms with Gasteiger partial charge in [-0.25, -0.2) is 0 Å². The van der Waals surface area contributed by atoms with Crippen LogP contribution in [-0.4, -0.2) is 34.6 Å². The lowest BCUT2D eigenvalue weighted by Crippen LogP contribution is -2.50. The Morgan fingerprint density at radius 2 is 1.87 bits per heavy atom. The SMILES string of the molecule is Cc1ccc(SCC(=O)N(Cc2cccc(Cl)c2)[C@H](C)C(=O)NC2CCCC2)cc1. The summed E-state index contributed by atoms with van der Waals surface area (Å²) in [6.45, 7) is 4.20. The van der Waals surface area contributed by atoms with Crippen LogP contribution in [0.2, 0.25) is 5.02 Å². The van der Waals surface area contributed by atoms with E-state index in [1.54, 1.807) is 11.0 Å². The first-order valence-corrected chi connectivity index (χ1v) is 11.8. The van der Waals surface area contributed by atoms with Gasteiger partial charge in [0.25, 0.3) is 0 Å². The van der Waals surface area contributed by atoms with Crippen molar-refractivity contribution in [2.45, 2.75) is 63.1 Å². The van der Waals surface area contributed by atoms with Crippen LogP contribution in [0.1, 0.15) is 43.7 Å². The van der Waals surface area contributed by atoms with Crippen LogP contribution in [0.25, 0.3) is 0 Å². The lowest BCUT2D eigenvalue weighted by Gasteiger charge is -2.29. The second kappa shape index (κ2) is 10.9. The molecule has 30 heavy (non-hydrogen) atoms. The van der Waals surface area contributed by atoms with Crippen LogP contribution in [0.4, 0.5) is 0 Å². The second-order valence-corrected chi connectivity index (χ2v) is 9.40. The lowest BCUT2D eigenvalue weighted by atomic mass is 10.1. The molecule has 0 saturated heterocycles. The van der Waals surface area contributed by atoms with Gasteiger partial charge in [-0.2, -0.15) is 0 Å². The van der Waals surface area contributed by atoms with E-state index < -0.39 is 6.04 Å². The molecule has 0 aliphatic heterocycles. The van der Waals surface area contributed by atoms with Gasteiger partial charge in [0.05, 0.1) is 5.75 Å². The molecule has 6 heteroatoms. The number of rotatable bonds is 8. The number of carbonyl (C=O) groups is 2. The molecule has 1 aliphatic carbocycles. The molecule has 1 aliphatic rings. The van der Waals surface area contributed by atoms with E-state index in [4.69, 9.17) is 11.6 Å². The summed E-state index contributed by atoms with van der Waals surface area (Å²) in [6.07, 6.45) is 4.34. The van der Waals surface area contributed by atoms with Gasteiger partial charge in [0.15, 0.2) is 0 Å². The highest BCUT2D eigenvalue weighted by Gasteiger charge is 2.28. The molecule has 0 aromatic heterocycles. The molecule has 1 saturated carbocycles. The van der Waals surface area contributed by atoms with Crippen molar-refractivity contribution in [2.75, 3.05) is 5.75 Å². The van der Waals surface area contributed by atoms with Crippen molar-refractivity contribution in [3.8, 4) is 0 Å². The summed E-state index contributed by atoms with van der Waals surface area (Å²) in [5.74, 6) is 0.136.